The van der Waals surface area contributed by atoms with Crippen LogP contribution in [0.5, 0.6) is 0 Å². The largest absolute Gasteiger partial charge is 0.465 e. The Morgan fingerprint density at radius 2 is 2.12 bits per heavy atom. The predicted octanol–water partition coefficient (Wildman–Crippen LogP) is 4.21. The topological polar surface area (TPSA) is 81.5 Å². The number of ether oxygens (including phenoxy) is 1. The number of thioether (sulfide) groups is 1. The molecule has 174 valence electrons. The molecule has 0 unspecified atom stereocenters. The minimum atomic E-state index is -0.497. The average Bonchev–Trinajstić information content (AvgIpc) is 3.31. The second-order valence-corrected chi connectivity index (χ2v) is 9.83. The van der Waals surface area contributed by atoms with Gasteiger partial charge in [0, 0.05) is 18.0 Å². The summed E-state index contributed by atoms with van der Waals surface area (Å²) in [4.78, 5) is 45.6. The van der Waals surface area contributed by atoms with Gasteiger partial charge in [0.1, 0.15) is 0 Å². The summed E-state index contributed by atoms with van der Waals surface area (Å²) >= 11 is 2.82. The molecule has 2 heterocycles. The number of benzene rings is 1. The molecule has 0 spiro atoms. The Bertz CT molecular complexity index is 1200. The highest BCUT2D eigenvalue weighted by atomic mass is 32.2. The molecule has 0 aliphatic heterocycles. The highest BCUT2D eigenvalue weighted by Gasteiger charge is 2.18. The fourth-order valence-corrected chi connectivity index (χ4v) is 4.93. The van der Waals surface area contributed by atoms with Gasteiger partial charge in [-0.05, 0) is 35.6 Å². The lowest BCUT2D eigenvalue weighted by Crippen LogP contribution is -2.32. The maximum Gasteiger partial charge on any atom is 0.337 e. The van der Waals surface area contributed by atoms with Gasteiger partial charge in [-0.3, -0.25) is 14.2 Å². The molecule has 0 N–H and O–H groups in total. The summed E-state index contributed by atoms with van der Waals surface area (Å²) in [5.41, 5.74) is 0.527. The SMILES string of the molecule is C=CCN(Cc1cccs1)C(=O)CSc1nc2cc(C(=O)OC)ccc2c(=O)n1CC(C)C. The number of rotatable bonds is 10. The summed E-state index contributed by atoms with van der Waals surface area (Å²) in [5.74, 6) is -0.223. The van der Waals surface area contributed by atoms with E-state index < -0.39 is 5.97 Å². The van der Waals surface area contributed by atoms with E-state index in [1.807, 2.05) is 31.4 Å². The van der Waals surface area contributed by atoms with Gasteiger partial charge < -0.3 is 9.64 Å². The number of aromatic nitrogens is 2. The fourth-order valence-electron chi connectivity index (χ4n) is 3.30. The molecule has 0 bridgehead atoms. The van der Waals surface area contributed by atoms with E-state index >= 15 is 0 Å². The Balaban J connectivity index is 1.91. The Morgan fingerprint density at radius 3 is 2.76 bits per heavy atom. The van der Waals surface area contributed by atoms with E-state index in [1.54, 1.807) is 45.1 Å². The van der Waals surface area contributed by atoms with Crippen LogP contribution in [0, 0.1) is 5.92 Å². The molecular formula is C24H27N3O4S2. The van der Waals surface area contributed by atoms with Crippen LogP contribution in [-0.4, -0.2) is 45.7 Å². The molecule has 0 aliphatic carbocycles. The van der Waals surface area contributed by atoms with Crippen LogP contribution in [0.3, 0.4) is 0 Å². The molecule has 0 radical (unpaired) electrons. The predicted molar refractivity (Wildman–Crippen MR) is 133 cm³/mol. The van der Waals surface area contributed by atoms with Crippen molar-refractivity contribution in [2.24, 2.45) is 5.92 Å². The van der Waals surface area contributed by atoms with Crippen molar-refractivity contribution in [2.45, 2.75) is 32.1 Å². The number of thiophene rings is 1. The van der Waals surface area contributed by atoms with Crippen molar-refractivity contribution in [3.05, 3.63) is 69.2 Å². The zero-order valence-corrected chi connectivity index (χ0v) is 20.6. The van der Waals surface area contributed by atoms with Gasteiger partial charge in [0.25, 0.3) is 5.56 Å². The van der Waals surface area contributed by atoms with E-state index in [1.165, 1.54) is 18.9 Å². The molecule has 7 nitrogen and oxygen atoms in total. The highest BCUT2D eigenvalue weighted by Crippen LogP contribution is 2.21. The quantitative estimate of drug-likeness (QED) is 0.185. The molecule has 0 fully saturated rings. The van der Waals surface area contributed by atoms with Crippen LogP contribution in [0.2, 0.25) is 0 Å². The molecule has 33 heavy (non-hydrogen) atoms. The van der Waals surface area contributed by atoms with Crippen molar-refractivity contribution in [2.75, 3.05) is 19.4 Å². The van der Waals surface area contributed by atoms with E-state index in [4.69, 9.17) is 4.74 Å². The summed E-state index contributed by atoms with van der Waals surface area (Å²) in [7, 11) is 1.30. The minimum Gasteiger partial charge on any atom is -0.465 e. The third-order valence-corrected chi connectivity index (χ3v) is 6.67. The van der Waals surface area contributed by atoms with Gasteiger partial charge in [-0.2, -0.15) is 0 Å². The maximum atomic E-state index is 13.2. The molecule has 3 aromatic rings. The van der Waals surface area contributed by atoms with Gasteiger partial charge in [-0.15, -0.1) is 17.9 Å². The van der Waals surface area contributed by atoms with Gasteiger partial charge in [0.15, 0.2) is 5.16 Å². The van der Waals surface area contributed by atoms with Crippen LogP contribution >= 0.6 is 23.1 Å². The molecule has 3 rings (SSSR count). The van der Waals surface area contributed by atoms with Crippen molar-refractivity contribution in [3.63, 3.8) is 0 Å². The zero-order valence-electron chi connectivity index (χ0n) is 18.9. The number of carbonyl (C=O) groups excluding carboxylic acids is 2. The number of fused-ring (bicyclic) bond motifs is 1. The number of methoxy groups -OCH3 is 1. The number of carbonyl (C=O) groups is 2. The average molecular weight is 486 g/mol. The number of hydrogen-bond acceptors (Lipinski definition) is 7. The van der Waals surface area contributed by atoms with Crippen LogP contribution in [0.15, 0.2) is 58.3 Å². The number of nitrogens with zero attached hydrogens (tertiary/aromatic N) is 3. The maximum absolute atomic E-state index is 13.2. The summed E-state index contributed by atoms with van der Waals surface area (Å²) in [6.45, 7) is 9.21. The van der Waals surface area contributed by atoms with E-state index in [0.717, 1.165) is 4.88 Å². The van der Waals surface area contributed by atoms with Crippen molar-refractivity contribution in [1.82, 2.24) is 14.5 Å². The van der Waals surface area contributed by atoms with E-state index in [-0.39, 0.29) is 23.1 Å². The standard InChI is InChI=1S/C24H27N3O4S2/c1-5-10-26(14-18-7-6-11-32-18)21(28)15-33-24-25-20-12-17(23(30)31-4)8-9-19(20)22(29)27(24)13-16(2)3/h5-9,11-12,16H,1,10,13-15H2,2-4H3. The Hall–Kier alpha value is -2.91. The van der Waals surface area contributed by atoms with Crippen molar-refractivity contribution < 1.29 is 14.3 Å². The first-order valence-corrected chi connectivity index (χ1v) is 12.4. The molecule has 0 saturated heterocycles. The van der Waals surface area contributed by atoms with Gasteiger partial charge >= 0.3 is 5.97 Å². The first-order chi connectivity index (χ1) is 15.8. The summed E-state index contributed by atoms with van der Waals surface area (Å²) < 4.78 is 6.39. The molecule has 0 atom stereocenters. The Labute approximate surface area is 201 Å². The first kappa shape index (κ1) is 24.7. The molecule has 0 saturated carbocycles. The van der Waals surface area contributed by atoms with Crippen LogP contribution in [0.4, 0.5) is 0 Å². The first-order valence-electron chi connectivity index (χ1n) is 10.5. The third-order valence-electron chi connectivity index (χ3n) is 4.84. The summed E-state index contributed by atoms with van der Waals surface area (Å²) in [5, 5.41) is 2.85. The molecule has 2 aromatic heterocycles. The molecule has 0 aliphatic rings. The summed E-state index contributed by atoms with van der Waals surface area (Å²) in [6.07, 6.45) is 1.70. The van der Waals surface area contributed by atoms with E-state index in [2.05, 4.69) is 11.6 Å². The van der Waals surface area contributed by atoms with Gasteiger partial charge in [0.2, 0.25) is 5.91 Å². The van der Waals surface area contributed by atoms with Crippen molar-refractivity contribution in [1.29, 1.82) is 0 Å². The summed E-state index contributed by atoms with van der Waals surface area (Å²) in [6, 6.07) is 8.66. The van der Waals surface area contributed by atoms with Gasteiger partial charge in [0.05, 0.1) is 35.9 Å². The van der Waals surface area contributed by atoms with Crippen molar-refractivity contribution >= 4 is 45.9 Å². The zero-order chi connectivity index (χ0) is 24.0. The Kier molecular flexibility index (Phi) is 8.46. The normalized spacial score (nSPS) is 11.0. The van der Waals surface area contributed by atoms with E-state index in [9.17, 15) is 14.4 Å². The van der Waals surface area contributed by atoms with Crippen LogP contribution in [0.1, 0.15) is 29.1 Å². The lowest BCUT2D eigenvalue weighted by atomic mass is 10.1. The fraction of sp³-hybridized carbons (Fsp3) is 0.333. The minimum absolute atomic E-state index is 0.0675. The molecular weight excluding hydrogens is 458 g/mol. The lowest BCUT2D eigenvalue weighted by Gasteiger charge is -2.21. The second kappa shape index (κ2) is 11.3. The number of hydrogen-bond donors (Lipinski definition) is 0. The molecule has 1 aromatic carbocycles. The number of esters is 1. The van der Waals surface area contributed by atoms with Crippen LogP contribution in [0.25, 0.3) is 10.9 Å². The smallest absolute Gasteiger partial charge is 0.337 e. The highest BCUT2D eigenvalue weighted by molar-refractivity contribution is 7.99. The second-order valence-electron chi connectivity index (χ2n) is 7.86. The molecule has 9 heteroatoms. The van der Waals surface area contributed by atoms with E-state index in [0.29, 0.717) is 41.3 Å². The van der Waals surface area contributed by atoms with Gasteiger partial charge in [-0.1, -0.05) is 37.8 Å². The Morgan fingerprint density at radius 1 is 1.33 bits per heavy atom. The number of amides is 1. The van der Waals surface area contributed by atoms with Crippen molar-refractivity contribution in [3.8, 4) is 0 Å². The van der Waals surface area contributed by atoms with Crippen LogP contribution < -0.4 is 5.56 Å². The lowest BCUT2D eigenvalue weighted by molar-refractivity contribution is -0.128. The molecule has 1 amide bonds. The van der Waals surface area contributed by atoms with Crippen LogP contribution in [-0.2, 0) is 22.6 Å². The monoisotopic (exact) mass is 485 g/mol. The third kappa shape index (κ3) is 6.11. The van der Waals surface area contributed by atoms with Gasteiger partial charge in [-0.25, -0.2) is 9.78 Å².